The molecule has 0 radical (unpaired) electrons. The number of carbonyl (C=O) groups is 5. The van der Waals surface area contributed by atoms with Gasteiger partial charge in [-0.3, -0.25) is 24.0 Å². The molecule has 2 saturated heterocycles. The normalized spacial score (nSPS) is 27.2. The van der Waals surface area contributed by atoms with Crippen LogP contribution in [0, 0.1) is 5.92 Å². The molecule has 10 atom stereocenters. The summed E-state index contributed by atoms with van der Waals surface area (Å²) in [5.74, 6) is -5.46. The Morgan fingerprint density at radius 3 is 1.76 bits per heavy atom. The maximum absolute atomic E-state index is 11.9. The van der Waals surface area contributed by atoms with Gasteiger partial charge in [0.25, 0.3) is 0 Å². The number of ether oxygens (including phenoxy) is 9. The predicted molar refractivity (Wildman–Crippen MR) is 179 cm³/mol. The number of phenolic OH excluding ortho intramolecular Hbond substituents is 2. The first-order valence-electron chi connectivity index (χ1n) is 16.6. The van der Waals surface area contributed by atoms with Gasteiger partial charge in [0.1, 0.15) is 43.2 Å². The summed E-state index contributed by atoms with van der Waals surface area (Å²) in [7, 11) is 0. The van der Waals surface area contributed by atoms with Crippen LogP contribution < -0.4 is 18.9 Å². The molecule has 55 heavy (non-hydrogen) atoms. The largest absolute Gasteiger partial charge is 0.504 e. The van der Waals surface area contributed by atoms with E-state index in [0.717, 1.165) is 20.8 Å². The van der Waals surface area contributed by atoms with Crippen LogP contribution >= 0.6 is 0 Å². The molecule has 2 aromatic carbocycles. The molecule has 2 heterocycles. The molecule has 6 N–H and O–H groups in total. The molecule has 304 valence electrons. The summed E-state index contributed by atoms with van der Waals surface area (Å²) >= 11 is 0. The Labute approximate surface area is 313 Å². The maximum Gasteiger partial charge on any atom is 0.308 e. The van der Waals surface area contributed by atoms with Gasteiger partial charge in [0.15, 0.2) is 23.0 Å². The standard InChI is InChI=1S/C23H28O12.C12H16O8/c1-11-19(10-29-12(2)24)35-23(22(33-16(6)28)20(11)31-14(4)26)34-18-9-7-8-17(30-13(3)25)21(18)32-15(5)27;13-4-7-9(16)10(17)11(18)12(20-7)19-6-3-1-2-5(14)8(6)15/h7-9,11,19-20,22-23H,10H2,1-6H3;1-3,7,9-18H,4H2/t11-,19-,20+,22-,23-;7-,9-,10+,11-,12-/m11/s1. The van der Waals surface area contributed by atoms with Crippen LogP contribution in [0.5, 0.6) is 34.5 Å². The SMILES string of the molecule is CC(=O)OC[C@H]1O[C@@H](Oc2cccc(OC(C)=O)c2OC(C)=O)[C@H](OC(C)=O)[C@@H](OC(C)=O)[C@@H]1C.OC[C@H]1O[C@@H](Oc2cccc(O)c2O)[C@H](O)[C@@H](O)[C@@H]1O. The van der Waals surface area contributed by atoms with E-state index < -0.39 is 109 Å². The van der Waals surface area contributed by atoms with Crippen molar-refractivity contribution in [3.63, 3.8) is 0 Å². The Balaban J connectivity index is 0.000000342. The van der Waals surface area contributed by atoms with Gasteiger partial charge < -0.3 is 73.3 Å². The smallest absolute Gasteiger partial charge is 0.308 e. The van der Waals surface area contributed by atoms with Crippen molar-refractivity contribution in [3.8, 4) is 34.5 Å². The van der Waals surface area contributed by atoms with Crippen molar-refractivity contribution in [3.05, 3.63) is 36.4 Å². The average Bonchev–Trinajstić information content (AvgIpc) is 3.09. The molecule has 2 aromatic rings. The number of rotatable bonds is 11. The van der Waals surface area contributed by atoms with Crippen LogP contribution in [0.4, 0.5) is 0 Å². The van der Waals surface area contributed by atoms with E-state index in [1.807, 2.05) is 0 Å². The summed E-state index contributed by atoms with van der Waals surface area (Å²) in [5.41, 5.74) is 0. The number of esters is 5. The number of hydrogen-bond donors (Lipinski definition) is 6. The third kappa shape index (κ3) is 12.1. The molecule has 0 bridgehead atoms. The maximum atomic E-state index is 11.9. The van der Waals surface area contributed by atoms with Crippen LogP contribution in [0.15, 0.2) is 36.4 Å². The number of hydrogen-bond acceptors (Lipinski definition) is 20. The number of aliphatic hydroxyl groups is 4. The molecule has 20 nitrogen and oxygen atoms in total. The third-order valence-electron chi connectivity index (χ3n) is 7.82. The lowest BCUT2D eigenvalue weighted by Crippen LogP contribution is -2.60. The summed E-state index contributed by atoms with van der Waals surface area (Å²) in [6.07, 6.45) is -11.7. The summed E-state index contributed by atoms with van der Waals surface area (Å²) in [5, 5.41) is 56.9. The van der Waals surface area contributed by atoms with Gasteiger partial charge in [0, 0.05) is 40.5 Å². The summed E-state index contributed by atoms with van der Waals surface area (Å²) in [4.78, 5) is 58.2. The molecular weight excluding hydrogens is 740 g/mol. The number of phenols is 2. The molecule has 2 aliphatic heterocycles. The minimum absolute atomic E-state index is 0.0940. The number of aromatic hydroxyl groups is 2. The lowest BCUT2D eigenvalue weighted by Gasteiger charge is -2.43. The summed E-state index contributed by atoms with van der Waals surface area (Å²) in [6, 6.07) is 8.19. The molecule has 2 aliphatic rings. The Morgan fingerprint density at radius 2 is 1.18 bits per heavy atom. The van der Waals surface area contributed by atoms with Crippen molar-refractivity contribution in [2.24, 2.45) is 5.92 Å². The van der Waals surface area contributed by atoms with E-state index in [2.05, 4.69) is 0 Å². The predicted octanol–water partition coefficient (Wildman–Crippen LogP) is -0.0200. The van der Waals surface area contributed by atoms with Gasteiger partial charge in [-0.25, -0.2) is 0 Å². The number of carbonyl (C=O) groups excluding carboxylic acids is 5. The van der Waals surface area contributed by atoms with E-state index in [9.17, 15) is 49.5 Å². The second kappa shape index (κ2) is 19.9. The lowest BCUT2D eigenvalue weighted by atomic mass is 9.90. The fraction of sp³-hybridized carbons (Fsp3) is 0.514. The highest BCUT2D eigenvalue weighted by molar-refractivity contribution is 5.75. The number of aliphatic hydroxyl groups excluding tert-OH is 4. The van der Waals surface area contributed by atoms with Gasteiger partial charge in [0.05, 0.1) is 6.61 Å². The molecule has 2 fully saturated rings. The van der Waals surface area contributed by atoms with E-state index in [0.29, 0.717) is 0 Å². The van der Waals surface area contributed by atoms with E-state index >= 15 is 0 Å². The molecule has 0 aliphatic carbocycles. The van der Waals surface area contributed by atoms with Crippen LogP contribution in [0.1, 0.15) is 41.5 Å². The van der Waals surface area contributed by atoms with Crippen LogP contribution in [-0.4, -0.2) is 129 Å². The van der Waals surface area contributed by atoms with Gasteiger partial charge in [-0.15, -0.1) is 0 Å². The first-order chi connectivity index (χ1) is 25.8. The molecular formula is C35H44O20. The highest BCUT2D eigenvalue weighted by Gasteiger charge is 2.50. The van der Waals surface area contributed by atoms with Crippen molar-refractivity contribution < 1.29 is 97.2 Å². The lowest BCUT2D eigenvalue weighted by molar-refractivity contribution is -0.277. The monoisotopic (exact) mass is 784 g/mol. The van der Waals surface area contributed by atoms with Gasteiger partial charge in [0.2, 0.25) is 30.2 Å². The minimum atomic E-state index is -1.59. The molecule has 0 aromatic heterocycles. The fourth-order valence-corrected chi connectivity index (χ4v) is 5.29. The second-order valence-electron chi connectivity index (χ2n) is 12.2. The van der Waals surface area contributed by atoms with Crippen molar-refractivity contribution >= 4 is 29.8 Å². The first-order valence-corrected chi connectivity index (χ1v) is 16.6. The Bertz CT molecular complexity index is 1660. The number of benzene rings is 2. The van der Waals surface area contributed by atoms with Gasteiger partial charge in [-0.05, 0) is 24.3 Å². The highest BCUT2D eigenvalue weighted by Crippen LogP contribution is 2.41. The summed E-state index contributed by atoms with van der Waals surface area (Å²) in [6.45, 7) is 6.74. The van der Waals surface area contributed by atoms with E-state index in [4.69, 9.17) is 47.7 Å². The first kappa shape index (κ1) is 44.1. The van der Waals surface area contributed by atoms with Crippen LogP contribution in [-0.2, 0) is 47.7 Å². The van der Waals surface area contributed by atoms with Crippen LogP contribution in [0.2, 0.25) is 0 Å². The quantitative estimate of drug-likeness (QED) is 0.0755. The molecule has 0 amide bonds. The molecule has 0 unspecified atom stereocenters. The zero-order valence-corrected chi connectivity index (χ0v) is 30.6. The van der Waals surface area contributed by atoms with Crippen molar-refractivity contribution in [2.45, 2.75) is 96.9 Å². The molecule has 0 saturated carbocycles. The van der Waals surface area contributed by atoms with Crippen molar-refractivity contribution in [1.82, 2.24) is 0 Å². The second-order valence-corrected chi connectivity index (χ2v) is 12.2. The van der Waals surface area contributed by atoms with E-state index in [1.165, 1.54) is 50.2 Å². The third-order valence-corrected chi connectivity index (χ3v) is 7.82. The van der Waals surface area contributed by atoms with Gasteiger partial charge in [-0.2, -0.15) is 0 Å². The zero-order chi connectivity index (χ0) is 41.1. The average molecular weight is 785 g/mol. The summed E-state index contributed by atoms with van der Waals surface area (Å²) < 4.78 is 48.3. The highest BCUT2D eigenvalue weighted by atomic mass is 16.7. The minimum Gasteiger partial charge on any atom is -0.504 e. The van der Waals surface area contributed by atoms with Crippen molar-refractivity contribution in [1.29, 1.82) is 0 Å². The molecule has 20 heteroatoms. The van der Waals surface area contributed by atoms with Crippen LogP contribution in [0.3, 0.4) is 0 Å². The van der Waals surface area contributed by atoms with Gasteiger partial charge in [-0.1, -0.05) is 19.1 Å². The zero-order valence-electron chi connectivity index (χ0n) is 30.6. The van der Waals surface area contributed by atoms with E-state index in [-0.39, 0.29) is 29.6 Å². The fourth-order valence-electron chi connectivity index (χ4n) is 5.29. The molecule has 0 spiro atoms. The number of para-hydroxylation sites is 2. The van der Waals surface area contributed by atoms with Gasteiger partial charge >= 0.3 is 29.8 Å². The Kier molecular flexibility index (Phi) is 16.0. The van der Waals surface area contributed by atoms with Crippen molar-refractivity contribution in [2.75, 3.05) is 13.2 Å². The van der Waals surface area contributed by atoms with E-state index in [1.54, 1.807) is 6.92 Å². The Hall–Kier alpha value is -5.25. The Morgan fingerprint density at radius 1 is 0.636 bits per heavy atom. The molecule has 4 rings (SSSR count). The topological polar surface area (TPSA) is 290 Å². The van der Waals surface area contributed by atoms with Crippen LogP contribution in [0.25, 0.3) is 0 Å².